The lowest BCUT2D eigenvalue weighted by Crippen LogP contribution is -2.35. The molecule has 1 saturated heterocycles. The van der Waals surface area contributed by atoms with Gasteiger partial charge in [0.15, 0.2) is 0 Å². The third-order valence-electron chi connectivity index (χ3n) is 4.54. The van der Waals surface area contributed by atoms with Gasteiger partial charge in [0.05, 0.1) is 11.1 Å². The van der Waals surface area contributed by atoms with Crippen LogP contribution in [0, 0.1) is 0 Å². The monoisotopic (exact) mass is 391 g/mol. The van der Waals surface area contributed by atoms with Crippen LogP contribution in [0.4, 0.5) is 4.79 Å². The second kappa shape index (κ2) is 8.53. The summed E-state index contributed by atoms with van der Waals surface area (Å²) in [5.41, 5.74) is 1.75. The minimum Gasteiger partial charge on any atom is -0.334 e. The maximum Gasteiger partial charge on any atom is 0.315 e. The maximum atomic E-state index is 12.6. The van der Waals surface area contributed by atoms with Crippen LogP contribution in [0.15, 0.2) is 41.6 Å². The predicted molar refractivity (Wildman–Crippen MR) is 101 cm³/mol. The standard InChI is InChI=1S/C18H25N5O3S/c1-22-14-16(13-21-22)12-20-18(24)19-11-15-5-7-17(8-6-15)27(25,26)23-9-3-2-4-10-23/h5-8,13-14H,2-4,9-12H2,1H3,(H2,19,20,24). The van der Waals surface area contributed by atoms with E-state index in [1.807, 2.05) is 13.2 Å². The SMILES string of the molecule is Cn1cc(CNC(=O)NCc2ccc(S(=O)(=O)N3CCCCC3)cc2)cn1. The highest BCUT2D eigenvalue weighted by Gasteiger charge is 2.25. The lowest BCUT2D eigenvalue weighted by molar-refractivity contribution is 0.240. The van der Waals surface area contributed by atoms with Crippen molar-refractivity contribution < 1.29 is 13.2 Å². The zero-order valence-electron chi connectivity index (χ0n) is 15.4. The first-order valence-corrected chi connectivity index (χ1v) is 10.5. The van der Waals surface area contributed by atoms with Crippen molar-refractivity contribution in [2.45, 2.75) is 37.2 Å². The van der Waals surface area contributed by atoms with Crippen molar-refractivity contribution in [2.75, 3.05) is 13.1 Å². The fourth-order valence-corrected chi connectivity index (χ4v) is 4.54. The number of piperidine rings is 1. The van der Waals surface area contributed by atoms with Crippen LogP contribution in [-0.2, 0) is 30.2 Å². The highest BCUT2D eigenvalue weighted by molar-refractivity contribution is 7.89. The van der Waals surface area contributed by atoms with Gasteiger partial charge in [0.2, 0.25) is 10.0 Å². The van der Waals surface area contributed by atoms with Crippen molar-refractivity contribution in [1.29, 1.82) is 0 Å². The van der Waals surface area contributed by atoms with Crippen LogP contribution in [0.3, 0.4) is 0 Å². The van der Waals surface area contributed by atoms with E-state index in [9.17, 15) is 13.2 Å². The Morgan fingerprint density at radius 1 is 1.04 bits per heavy atom. The van der Waals surface area contributed by atoms with Gasteiger partial charge in [0.25, 0.3) is 0 Å². The van der Waals surface area contributed by atoms with Crippen LogP contribution in [0.5, 0.6) is 0 Å². The Labute approximate surface area is 159 Å². The van der Waals surface area contributed by atoms with E-state index in [0.717, 1.165) is 30.4 Å². The Balaban J connectivity index is 1.50. The average Bonchev–Trinajstić information content (AvgIpc) is 3.11. The minimum atomic E-state index is -3.42. The Hall–Kier alpha value is -2.39. The summed E-state index contributed by atoms with van der Waals surface area (Å²) in [4.78, 5) is 12.2. The number of urea groups is 1. The molecule has 27 heavy (non-hydrogen) atoms. The first-order chi connectivity index (χ1) is 12.9. The summed E-state index contributed by atoms with van der Waals surface area (Å²) in [6.07, 6.45) is 6.44. The highest BCUT2D eigenvalue weighted by Crippen LogP contribution is 2.20. The van der Waals surface area contributed by atoms with Crippen molar-refractivity contribution >= 4 is 16.1 Å². The number of carbonyl (C=O) groups excluding carboxylic acids is 1. The smallest absolute Gasteiger partial charge is 0.315 e. The largest absolute Gasteiger partial charge is 0.334 e. The molecule has 3 rings (SSSR count). The van der Waals surface area contributed by atoms with E-state index in [4.69, 9.17) is 0 Å². The molecule has 1 aliphatic heterocycles. The van der Waals surface area contributed by atoms with Crippen molar-refractivity contribution in [2.24, 2.45) is 7.05 Å². The van der Waals surface area contributed by atoms with E-state index in [1.54, 1.807) is 39.4 Å². The number of nitrogens with one attached hydrogen (secondary N) is 2. The van der Waals surface area contributed by atoms with Gasteiger partial charge in [-0.1, -0.05) is 18.6 Å². The number of sulfonamides is 1. The number of hydrogen-bond acceptors (Lipinski definition) is 4. The molecular weight excluding hydrogens is 366 g/mol. The van der Waals surface area contributed by atoms with E-state index in [2.05, 4.69) is 15.7 Å². The van der Waals surface area contributed by atoms with Gasteiger partial charge in [0.1, 0.15) is 0 Å². The summed E-state index contributed by atoms with van der Waals surface area (Å²) in [6, 6.07) is 6.39. The minimum absolute atomic E-state index is 0.288. The topological polar surface area (TPSA) is 96.3 Å². The van der Waals surface area contributed by atoms with Gasteiger partial charge in [-0.05, 0) is 30.5 Å². The van der Waals surface area contributed by atoms with Crippen molar-refractivity contribution in [1.82, 2.24) is 24.7 Å². The number of aromatic nitrogens is 2. The molecule has 9 heteroatoms. The number of benzene rings is 1. The van der Waals surface area contributed by atoms with Crippen LogP contribution in [0.25, 0.3) is 0 Å². The van der Waals surface area contributed by atoms with Gasteiger partial charge < -0.3 is 10.6 Å². The normalized spacial score (nSPS) is 15.4. The second-order valence-corrected chi connectivity index (χ2v) is 8.61. The first-order valence-electron chi connectivity index (χ1n) is 9.03. The molecule has 0 saturated carbocycles. The maximum absolute atomic E-state index is 12.6. The molecule has 146 valence electrons. The average molecular weight is 391 g/mol. The number of amides is 2. The Morgan fingerprint density at radius 2 is 1.67 bits per heavy atom. The first kappa shape index (κ1) is 19.4. The Morgan fingerprint density at radius 3 is 2.26 bits per heavy atom. The Kier molecular flexibility index (Phi) is 6.12. The summed E-state index contributed by atoms with van der Waals surface area (Å²) in [5.74, 6) is 0. The molecule has 0 aliphatic carbocycles. The molecule has 0 spiro atoms. The van der Waals surface area contributed by atoms with Gasteiger partial charge in [-0.3, -0.25) is 4.68 Å². The van der Waals surface area contributed by atoms with E-state index < -0.39 is 10.0 Å². The lowest BCUT2D eigenvalue weighted by atomic mass is 10.2. The molecule has 0 radical (unpaired) electrons. The number of rotatable bonds is 6. The molecule has 2 heterocycles. The van der Waals surface area contributed by atoms with Gasteiger partial charge >= 0.3 is 6.03 Å². The molecule has 1 fully saturated rings. The van der Waals surface area contributed by atoms with Crippen LogP contribution in [0.2, 0.25) is 0 Å². The molecular formula is C18H25N5O3S. The molecule has 2 aromatic rings. The van der Waals surface area contributed by atoms with Crippen molar-refractivity contribution in [3.63, 3.8) is 0 Å². The summed E-state index contributed by atoms with van der Waals surface area (Å²) in [5, 5.41) is 9.56. The van der Waals surface area contributed by atoms with Crippen LogP contribution in [0.1, 0.15) is 30.4 Å². The van der Waals surface area contributed by atoms with Crippen LogP contribution < -0.4 is 10.6 Å². The molecule has 8 nitrogen and oxygen atoms in total. The number of aryl methyl sites for hydroxylation is 1. The fraction of sp³-hybridized carbons (Fsp3) is 0.444. The van der Waals surface area contributed by atoms with Gasteiger partial charge in [-0.2, -0.15) is 9.40 Å². The van der Waals surface area contributed by atoms with E-state index in [1.165, 1.54) is 0 Å². The molecule has 1 aromatic carbocycles. The second-order valence-electron chi connectivity index (χ2n) is 6.67. The van der Waals surface area contributed by atoms with Gasteiger partial charge in [-0.25, -0.2) is 13.2 Å². The number of nitrogens with zero attached hydrogens (tertiary/aromatic N) is 3. The Bertz CT molecular complexity index is 871. The van der Waals surface area contributed by atoms with Gasteiger partial charge in [-0.15, -0.1) is 0 Å². The molecule has 1 aliphatic rings. The van der Waals surface area contributed by atoms with Gasteiger partial charge in [0, 0.05) is 45.0 Å². The third kappa shape index (κ3) is 5.08. The fourth-order valence-electron chi connectivity index (χ4n) is 3.02. The summed E-state index contributed by atoms with van der Waals surface area (Å²) < 4.78 is 28.5. The lowest BCUT2D eigenvalue weighted by Gasteiger charge is -2.25. The van der Waals surface area contributed by atoms with Crippen LogP contribution in [-0.4, -0.2) is 41.6 Å². The molecule has 0 atom stereocenters. The quantitative estimate of drug-likeness (QED) is 0.782. The molecule has 1 aromatic heterocycles. The number of carbonyl (C=O) groups is 1. The van der Waals surface area contributed by atoms with E-state index in [-0.39, 0.29) is 6.03 Å². The van der Waals surface area contributed by atoms with E-state index >= 15 is 0 Å². The summed E-state index contributed by atoms with van der Waals surface area (Å²) in [6.45, 7) is 1.89. The predicted octanol–water partition coefficient (Wildman–Crippen LogP) is 1.59. The zero-order valence-corrected chi connectivity index (χ0v) is 16.2. The van der Waals surface area contributed by atoms with Crippen LogP contribution >= 0.6 is 0 Å². The summed E-state index contributed by atoms with van der Waals surface area (Å²) >= 11 is 0. The van der Waals surface area contributed by atoms with Crippen molar-refractivity contribution in [3.8, 4) is 0 Å². The third-order valence-corrected chi connectivity index (χ3v) is 6.45. The van der Waals surface area contributed by atoms with Crippen molar-refractivity contribution in [3.05, 3.63) is 47.8 Å². The molecule has 2 N–H and O–H groups in total. The molecule has 2 amide bonds. The highest BCUT2D eigenvalue weighted by atomic mass is 32.2. The molecule has 0 unspecified atom stereocenters. The zero-order chi connectivity index (χ0) is 19.3. The summed E-state index contributed by atoms with van der Waals surface area (Å²) in [7, 11) is -1.60. The number of hydrogen-bond donors (Lipinski definition) is 2. The molecule has 0 bridgehead atoms. The van der Waals surface area contributed by atoms with E-state index in [0.29, 0.717) is 31.1 Å².